The van der Waals surface area contributed by atoms with Crippen molar-refractivity contribution in [3.63, 3.8) is 0 Å². The summed E-state index contributed by atoms with van der Waals surface area (Å²) in [5.41, 5.74) is -6.94. The predicted octanol–water partition coefficient (Wildman–Crippen LogP) is 4.51. The molecule has 2 aromatic rings. The summed E-state index contributed by atoms with van der Waals surface area (Å²) in [7, 11) is 0. The van der Waals surface area contributed by atoms with E-state index in [0.717, 1.165) is 30.3 Å². The summed E-state index contributed by atoms with van der Waals surface area (Å²) < 4.78 is 99.3. The summed E-state index contributed by atoms with van der Waals surface area (Å²) in [6.45, 7) is 0.637. The van der Waals surface area contributed by atoms with E-state index in [0.29, 0.717) is 12.1 Å². The summed E-state index contributed by atoms with van der Waals surface area (Å²) in [6, 6.07) is 6.54. The highest BCUT2D eigenvalue weighted by Gasteiger charge is 2.63. The summed E-state index contributed by atoms with van der Waals surface area (Å²) in [5.74, 6) is -4.88. The first-order valence-corrected chi connectivity index (χ1v) is 8.58. The Morgan fingerprint density at radius 3 is 2.16 bits per heavy atom. The van der Waals surface area contributed by atoms with Gasteiger partial charge in [0.05, 0.1) is 17.7 Å². The minimum Gasteiger partial charge on any atom is -0.463 e. The molecule has 31 heavy (non-hydrogen) atoms. The van der Waals surface area contributed by atoms with Crippen LogP contribution < -0.4 is 10.6 Å². The Morgan fingerprint density at radius 2 is 1.61 bits per heavy atom. The normalized spacial score (nSPS) is 13.8. The molecule has 12 heteroatoms. The molecule has 2 rings (SSSR count). The molecule has 0 aliphatic heterocycles. The van der Waals surface area contributed by atoms with Crippen LogP contribution in [-0.2, 0) is 15.7 Å². The molecule has 2 N–H and O–H groups in total. The second-order valence-corrected chi connectivity index (χ2v) is 6.11. The van der Waals surface area contributed by atoms with Crippen LogP contribution >= 0.6 is 0 Å². The molecular weight excluding hydrogens is 437 g/mol. The van der Waals surface area contributed by atoms with Crippen LogP contribution in [0.15, 0.2) is 48.5 Å². The summed E-state index contributed by atoms with van der Waals surface area (Å²) in [6.07, 6.45) is -10.5. The number of carbonyl (C=O) groups excluding carboxylic acids is 2. The zero-order chi connectivity index (χ0) is 23.4. The van der Waals surface area contributed by atoms with E-state index in [9.17, 15) is 40.3 Å². The molecular formula is C19H15F7N2O3. The topological polar surface area (TPSA) is 67.4 Å². The molecule has 0 radical (unpaired) electrons. The Labute approximate surface area is 171 Å². The molecule has 1 amide bonds. The number of benzene rings is 2. The first-order valence-electron chi connectivity index (χ1n) is 8.58. The molecule has 0 spiro atoms. The fourth-order valence-electron chi connectivity index (χ4n) is 2.50. The van der Waals surface area contributed by atoms with Crippen molar-refractivity contribution < 1.29 is 45.1 Å². The minimum atomic E-state index is -5.60. The number of alkyl halides is 6. The lowest BCUT2D eigenvalue weighted by Crippen LogP contribution is -2.69. The number of hydrogen-bond acceptors (Lipinski definition) is 4. The molecule has 168 valence electrons. The number of amides is 1. The molecule has 0 saturated carbocycles. The Hall–Kier alpha value is -3.31. The second kappa shape index (κ2) is 8.82. The Bertz CT molecular complexity index is 960. The number of anilines is 1. The molecule has 0 aliphatic carbocycles. The quantitative estimate of drug-likeness (QED) is 0.385. The van der Waals surface area contributed by atoms with Gasteiger partial charge >= 0.3 is 24.0 Å². The zero-order valence-electron chi connectivity index (χ0n) is 15.7. The number of hydrogen-bond donors (Lipinski definition) is 2. The first-order chi connectivity index (χ1) is 14.3. The third-order valence-electron chi connectivity index (χ3n) is 3.95. The number of ether oxygens (including phenoxy) is 1. The van der Waals surface area contributed by atoms with Crippen LogP contribution in [0, 0.1) is 5.82 Å². The second-order valence-electron chi connectivity index (χ2n) is 6.11. The predicted molar refractivity (Wildman–Crippen MR) is 94.4 cm³/mol. The standard InChI is InChI=1S/C19H15F7N2O3/c1-2-31-16(30)17(19(24,25)26,28-15(29)13-8-3-4-9-14(13)20)27-12-7-5-6-11(10-12)18(21,22)23/h3-10,27H,2H2,1H3,(H,28,29)/t17-/m0/s1. The van der Waals surface area contributed by atoms with Crippen LogP contribution in [0.25, 0.3) is 0 Å². The van der Waals surface area contributed by atoms with Gasteiger partial charge in [-0.1, -0.05) is 18.2 Å². The van der Waals surface area contributed by atoms with E-state index in [-0.39, 0.29) is 0 Å². The molecule has 0 fully saturated rings. The molecule has 2 aromatic carbocycles. The van der Waals surface area contributed by atoms with Crippen molar-refractivity contribution in [3.05, 3.63) is 65.5 Å². The molecule has 0 unspecified atom stereocenters. The Morgan fingerprint density at radius 1 is 0.968 bits per heavy atom. The molecule has 0 aromatic heterocycles. The molecule has 0 saturated heterocycles. The van der Waals surface area contributed by atoms with Gasteiger partial charge in [-0.3, -0.25) is 4.79 Å². The van der Waals surface area contributed by atoms with Crippen molar-refractivity contribution in [2.75, 3.05) is 11.9 Å². The highest BCUT2D eigenvalue weighted by atomic mass is 19.4. The number of nitrogens with one attached hydrogen (secondary N) is 2. The molecule has 0 aliphatic rings. The number of esters is 1. The van der Waals surface area contributed by atoms with Gasteiger partial charge in [-0.2, -0.15) is 26.3 Å². The Balaban J connectivity index is 2.58. The van der Waals surface area contributed by atoms with Gasteiger partial charge in [-0.15, -0.1) is 0 Å². The van der Waals surface area contributed by atoms with Crippen LogP contribution in [0.5, 0.6) is 0 Å². The van der Waals surface area contributed by atoms with Gasteiger partial charge in [0.25, 0.3) is 5.91 Å². The number of carbonyl (C=O) groups is 2. The highest BCUT2D eigenvalue weighted by molar-refractivity contribution is 5.99. The fourth-order valence-corrected chi connectivity index (χ4v) is 2.50. The number of halogens is 7. The van der Waals surface area contributed by atoms with Crippen LogP contribution in [0.3, 0.4) is 0 Å². The average molecular weight is 452 g/mol. The third kappa shape index (κ3) is 5.25. The highest BCUT2D eigenvalue weighted by Crippen LogP contribution is 2.36. The van der Waals surface area contributed by atoms with E-state index >= 15 is 0 Å². The van der Waals surface area contributed by atoms with Crippen LogP contribution in [0.1, 0.15) is 22.8 Å². The minimum absolute atomic E-state index is 0.314. The summed E-state index contributed by atoms with van der Waals surface area (Å²) >= 11 is 0. The third-order valence-corrected chi connectivity index (χ3v) is 3.95. The largest absolute Gasteiger partial charge is 0.463 e. The van der Waals surface area contributed by atoms with Crippen LogP contribution in [0.4, 0.5) is 36.4 Å². The lowest BCUT2D eigenvalue weighted by molar-refractivity contribution is -0.204. The van der Waals surface area contributed by atoms with Crippen molar-refractivity contribution in [1.29, 1.82) is 0 Å². The first kappa shape index (κ1) is 24.0. The smallest absolute Gasteiger partial charge is 0.441 e. The van der Waals surface area contributed by atoms with Crippen molar-refractivity contribution >= 4 is 17.6 Å². The van der Waals surface area contributed by atoms with Gasteiger partial charge in [0.15, 0.2) is 0 Å². The van der Waals surface area contributed by atoms with Crippen LogP contribution in [0.2, 0.25) is 0 Å². The van der Waals surface area contributed by atoms with Crippen molar-refractivity contribution in [1.82, 2.24) is 5.32 Å². The van der Waals surface area contributed by atoms with Crippen molar-refractivity contribution in [3.8, 4) is 0 Å². The Kier molecular flexibility index (Phi) is 6.82. The average Bonchev–Trinajstić information content (AvgIpc) is 2.66. The molecule has 5 nitrogen and oxygen atoms in total. The van der Waals surface area contributed by atoms with Crippen molar-refractivity contribution in [2.24, 2.45) is 0 Å². The van der Waals surface area contributed by atoms with Gasteiger partial charge in [-0.25, -0.2) is 9.18 Å². The van der Waals surface area contributed by atoms with Gasteiger partial charge in [0, 0.05) is 5.69 Å². The van der Waals surface area contributed by atoms with Gasteiger partial charge in [-0.05, 0) is 37.3 Å². The number of rotatable bonds is 6. The van der Waals surface area contributed by atoms with E-state index in [1.54, 1.807) is 5.32 Å². The van der Waals surface area contributed by atoms with E-state index in [2.05, 4.69) is 4.74 Å². The summed E-state index contributed by atoms with van der Waals surface area (Å²) in [4.78, 5) is 24.7. The van der Waals surface area contributed by atoms with E-state index in [1.807, 2.05) is 0 Å². The van der Waals surface area contributed by atoms with Gasteiger partial charge in [0.1, 0.15) is 5.82 Å². The maximum atomic E-state index is 14.1. The zero-order valence-corrected chi connectivity index (χ0v) is 15.7. The maximum Gasteiger partial charge on any atom is 0.441 e. The van der Waals surface area contributed by atoms with Gasteiger partial charge in [0.2, 0.25) is 0 Å². The van der Waals surface area contributed by atoms with E-state index in [1.165, 1.54) is 18.3 Å². The lowest BCUT2D eigenvalue weighted by atomic mass is 10.1. The molecule has 0 bridgehead atoms. The van der Waals surface area contributed by atoms with Crippen molar-refractivity contribution in [2.45, 2.75) is 24.9 Å². The molecule has 1 atom stereocenters. The van der Waals surface area contributed by atoms with E-state index in [4.69, 9.17) is 0 Å². The van der Waals surface area contributed by atoms with Crippen LogP contribution in [-0.4, -0.2) is 30.3 Å². The fraction of sp³-hybridized carbons (Fsp3) is 0.263. The van der Waals surface area contributed by atoms with Gasteiger partial charge < -0.3 is 15.4 Å². The monoisotopic (exact) mass is 452 g/mol. The van der Waals surface area contributed by atoms with E-state index < -0.39 is 59.1 Å². The SMILES string of the molecule is CCOC(=O)[C@@](NC(=O)c1ccccc1F)(Nc1cccc(C(F)(F)F)c1)C(F)(F)F. The molecule has 0 heterocycles. The maximum absolute atomic E-state index is 14.1. The lowest BCUT2D eigenvalue weighted by Gasteiger charge is -2.35. The summed E-state index contributed by atoms with van der Waals surface area (Å²) in [5, 5.41) is 2.94.